The minimum absolute atomic E-state index is 0.263. The van der Waals surface area contributed by atoms with Crippen LogP contribution in [0.25, 0.3) is 0 Å². The fraction of sp³-hybridized carbons (Fsp3) is 0.533. The summed E-state index contributed by atoms with van der Waals surface area (Å²) in [5.41, 5.74) is 2.85. The van der Waals surface area contributed by atoms with Gasteiger partial charge in [-0.05, 0) is 44.0 Å². The number of nitrogens with zero attached hydrogens (tertiary/aromatic N) is 1. The van der Waals surface area contributed by atoms with E-state index in [9.17, 15) is 4.79 Å². The second kappa shape index (κ2) is 4.58. The van der Waals surface area contributed by atoms with Crippen molar-refractivity contribution in [2.45, 2.75) is 39.5 Å². The molecule has 0 saturated heterocycles. The zero-order valence-electron chi connectivity index (χ0n) is 12.2. The van der Waals surface area contributed by atoms with Crippen LogP contribution in [0.5, 0.6) is 5.75 Å². The third kappa shape index (κ3) is 2.53. The predicted molar refractivity (Wildman–Crippen MR) is 75.9 cm³/mol. The first-order chi connectivity index (χ1) is 9.42. The van der Waals surface area contributed by atoms with Crippen LogP contribution >= 0.6 is 0 Å². The minimum Gasteiger partial charge on any atom is -0.490 e. The van der Waals surface area contributed by atoms with Crippen LogP contribution in [0.4, 0.5) is 10.5 Å². The fourth-order valence-corrected chi connectivity index (χ4v) is 2.49. The Bertz CT molecular complexity index is 514. The highest BCUT2D eigenvalue weighted by atomic mass is 16.6. The van der Waals surface area contributed by atoms with Crippen molar-refractivity contribution in [1.82, 2.24) is 4.90 Å². The lowest BCUT2D eigenvalue weighted by Gasteiger charge is -2.24. The quantitative estimate of drug-likeness (QED) is 0.791. The molecule has 5 heteroatoms. The lowest BCUT2D eigenvalue weighted by atomic mass is 10.1. The fourth-order valence-electron chi connectivity index (χ4n) is 2.49. The van der Waals surface area contributed by atoms with E-state index in [1.54, 1.807) is 4.90 Å². The van der Waals surface area contributed by atoms with E-state index in [1.807, 2.05) is 26.8 Å². The van der Waals surface area contributed by atoms with E-state index in [2.05, 4.69) is 11.4 Å². The van der Waals surface area contributed by atoms with Crippen LogP contribution < -0.4 is 10.1 Å². The summed E-state index contributed by atoms with van der Waals surface area (Å²) in [5.74, 6) is 0.876. The van der Waals surface area contributed by atoms with Gasteiger partial charge in [0.25, 0.3) is 0 Å². The van der Waals surface area contributed by atoms with Gasteiger partial charge in [0.05, 0.1) is 5.69 Å². The standard InChI is InChI=1S/C15H20N2O3/c1-15(2,3)20-14(18)17-8-10-6-12-13(7-11(10)9-17)19-5-4-16-12/h6-7,16H,4-5,8-9H2,1-3H3. The summed E-state index contributed by atoms with van der Waals surface area (Å²) in [6.07, 6.45) is -0.263. The predicted octanol–water partition coefficient (Wildman–Crippen LogP) is 2.74. The van der Waals surface area contributed by atoms with Gasteiger partial charge in [0.2, 0.25) is 0 Å². The van der Waals surface area contributed by atoms with Crippen molar-refractivity contribution in [1.29, 1.82) is 0 Å². The molecule has 2 aliphatic heterocycles. The van der Waals surface area contributed by atoms with E-state index in [-0.39, 0.29) is 6.09 Å². The molecule has 1 N–H and O–H groups in total. The Hall–Kier alpha value is -1.91. The Labute approximate surface area is 118 Å². The zero-order chi connectivity index (χ0) is 14.3. The second-order valence-electron chi connectivity index (χ2n) is 6.23. The lowest BCUT2D eigenvalue weighted by Crippen LogP contribution is -2.33. The number of carbonyl (C=O) groups excluding carboxylic acids is 1. The maximum Gasteiger partial charge on any atom is 0.410 e. The Balaban J connectivity index is 1.77. The molecule has 0 spiro atoms. The molecular formula is C15H20N2O3. The molecule has 0 radical (unpaired) electrons. The number of fused-ring (bicyclic) bond motifs is 2. The number of carbonyl (C=O) groups is 1. The summed E-state index contributed by atoms with van der Waals surface area (Å²) in [5, 5.41) is 3.31. The first-order valence-corrected chi connectivity index (χ1v) is 6.93. The average Bonchev–Trinajstić information content (AvgIpc) is 2.76. The molecule has 2 heterocycles. The lowest BCUT2D eigenvalue weighted by molar-refractivity contribution is 0.0242. The van der Waals surface area contributed by atoms with Crippen LogP contribution in [0.2, 0.25) is 0 Å². The smallest absolute Gasteiger partial charge is 0.410 e. The molecule has 1 aromatic rings. The summed E-state index contributed by atoms with van der Waals surface area (Å²) in [6.45, 7) is 8.32. The summed E-state index contributed by atoms with van der Waals surface area (Å²) < 4.78 is 11.0. The van der Waals surface area contributed by atoms with E-state index < -0.39 is 5.60 Å². The Morgan fingerprint density at radius 3 is 2.70 bits per heavy atom. The molecule has 0 fully saturated rings. The third-order valence-corrected chi connectivity index (χ3v) is 3.35. The SMILES string of the molecule is CC(C)(C)OC(=O)N1Cc2cc3c(cc2C1)OCCN3. The van der Waals surface area contributed by atoms with Crippen LogP contribution in [-0.2, 0) is 17.8 Å². The molecule has 1 amide bonds. The monoisotopic (exact) mass is 276 g/mol. The molecule has 20 heavy (non-hydrogen) atoms. The maximum absolute atomic E-state index is 12.1. The van der Waals surface area contributed by atoms with E-state index in [4.69, 9.17) is 9.47 Å². The second-order valence-corrected chi connectivity index (χ2v) is 6.23. The van der Waals surface area contributed by atoms with Crippen molar-refractivity contribution in [3.8, 4) is 5.75 Å². The number of hydrogen-bond acceptors (Lipinski definition) is 4. The van der Waals surface area contributed by atoms with Gasteiger partial charge in [0.15, 0.2) is 0 Å². The van der Waals surface area contributed by atoms with Crippen molar-refractivity contribution >= 4 is 11.8 Å². The van der Waals surface area contributed by atoms with Crippen molar-refractivity contribution in [2.75, 3.05) is 18.5 Å². The van der Waals surface area contributed by atoms with Gasteiger partial charge < -0.3 is 14.8 Å². The largest absolute Gasteiger partial charge is 0.490 e. The van der Waals surface area contributed by atoms with Crippen LogP contribution in [0.15, 0.2) is 12.1 Å². The van der Waals surface area contributed by atoms with Gasteiger partial charge in [-0.2, -0.15) is 0 Å². The molecule has 0 unspecified atom stereocenters. The summed E-state index contributed by atoms with van der Waals surface area (Å²) in [7, 11) is 0. The number of nitrogens with one attached hydrogen (secondary N) is 1. The molecule has 2 aliphatic rings. The normalized spacial score (nSPS) is 16.9. The third-order valence-electron chi connectivity index (χ3n) is 3.35. The number of benzene rings is 1. The number of rotatable bonds is 0. The highest BCUT2D eigenvalue weighted by Crippen LogP contribution is 2.35. The van der Waals surface area contributed by atoms with Gasteiger partial charge in [-0.25, -0.2) is 4.79 Å². The zero-order valence-corrected chi connectivity index (χ0v) is 12.2. The molecule has 0 aromatic heterocycles. The number of amides is 1. The molecule has 0 saturated carbocycles. The van der Waals surface area contributed by atoms with E-state index in [0.29, 0.717) is 19.7 Å². The Morgan fingerprint density at radius 2 is 2.00 bits per heavy atom. The number of hydrogen-bond donors (Lipinski definition) is 1. The van der Waals surface area contributed by atoms with Gasteiger partial charge in [-0.15, -0.1) is 0 Å². The van der Waals surface area contributed by atoms with E-state index >= 15 is 0 Å². The first kappa shape index (κ1) is 13.1. The molecule has 0 atom stereocenters. The van der Waals surface area contributed by atoms with Gasteiger partial charge >= 0.3 is 6.09 Å². The molecular weight excluding hydrogens is 256 g/mol. The molecule has 3 rings (SSSR count). The van der Waals surface area contributed by atoms with Crippen molar-refractivity contribution in [3.63, 3.8) is 0 Å². The highest BCUT2D eigenvalue weighted by molar-refractivity contribution is 5.71. The van der Waals surface area contributed by atoms with Gasteiger partial charge in [-0.3, -0.25) is 4.90 Å². The summed E-state index contributed by atoms with van der Waals surface area (Å²) in [6, 6.07) is 4.11. The maximum atomic E-state index is 12.1. The van der Waals surface area contributed by atoms with Crippen LogP contribution in [0, 0.1) is 0 Å². The summed E-state index contributed by atoms with van der Waals surface area (Å²) in [4.78, 5) is 13.8. The van der Waals surface area contributed by atoms with Crippen molar-refractivity contribution in [3.05, 3.63) is 23.3 Å². The Kier molecular flexibility index (Phi) is 3.00. The minimum atomic E-state index is -0.463. The van der Waals surface area contributed by atoms with Crippen LogP contribution in [0.3, 0.4) is 0 Å². The van der Waals surface area contributed by atoms with E-state index in [1.165, 1.54) is 0 Å². The van der Waals surface area contributed by atoms with Gasteiger partial charge in [-0.1, -0.05) is 0 Å². The average molecular weight is 276 g/mol. The Morgan fingerprint density at radius 1 is 1.30 bits per heavy atom. The topological polar surface area (TPSA) is 50.8 Å². The molecule has 0 bridgehead atoms. The first-order valence-electron chi connectivity index (χ1n) is 6.93. The van der Waals surface area contributed by atoms with Crippen molar-refractivity contribution < 1.29 is 14.3 Å². The van der Waals surface area contributed by atoms with E-state index in [0.717, 1.165) is 29.1 Å². The molecule has 5 nitrogen and oxygen atoms in total. The van der Waals surface area contributed by atoms with Crippen molar-refractivity contribution in [2.24, 2.45) is 0 Å². The molecule has 108 valence electrons. The molecule has 0 aliphatic carbocycles. The molecule has 1 aromatic carbocycles. The number of anilines is 1. The number of ether oxygens (including phenoxy) is 2. The van der Waals surface area contributed by atoms with Crippen LogP contribution in [-0.4, -0.2) is 29.7 Å². The summed E-state index contributed by atoms with van der Waals surface area (Å²) >= 11 is 0. The highest BCUT2D eigenvalue weighted by Gasteiger charge is 2.29. The van der Waals surface area contributed by atoms with Crippen LogP contribution in [0.1, 0.15) is 31.9 Å². The van der Waals surface area contributed by atoms with Gasteiger partial charge in [0.1, 0.15) is 18.0 Å². The van der Waals surface area contributed by atoms with Gasteiger partial charge in [0, 0.05) is 19.6 Å².